The Kier molecular flexibility index (Phi) is 6.05. The molecular weight excluding hydrogens is 444 g/mol. The molecule has 1 N–H and O–H groups in total. The van der Waals surface area contributed by atoms with Crippen molar-refractivity contribution in [2.24, 2.45) is 0 Å². The van der Waals surface area contributed by atoms with Crippen molar-refractivity contribution in [2.45, 2.75) is 9.79 Å². The van der Waals surface area contributed by atoms with Crippen LogP contribution in [0.1, 0.15) is 0 Å². The monoisotopic (exact) mass is 462 g/mol. The van der Waals surface area contributed by atoms with Crippen LogP contribution in [0.5, 0.6) is 5.75 Å². The molecule has 0 aliphatic carbocycles. The molecule has 0 heterocycles. The molecule has 0 aromatic heterocycles. The molecule has 1 amide bonds. The summed E-state index contributed by atoms with van der Waals surface area (Å²) in [7, 11) is -3.85. The number of rotatable bonds is 7. The minimum atomic E-state index is -3.85. The summed E-state index contributed by atoms with van der Waals surface area (Å²) in [6, 6.07) is 23.6. The number of nitro groups is 1. The number of fused-ring (bicyclic) bond motifs is 1. The molecule has 0 radical (unpaired) electrons. The van der Waals surface area contributed by atoms with Gasteiger partial charge in [-0.25, -0.2) is 8.42 Å². The maximum atomic E-state index is 12.7. The van der Waals surface area contributed by atoms with Gasteiger partial charge in [0.15, 0.2) is 6.61 Å². The Labute approximate surface area is 189 Å². The zero-order valence-electron chi connectivity index (χ0n) is 17.2. The lowest BCUT2D eigenvalue weighted by atomic mass is 10.1. The number of hydrogen-bond donors (Lipinski definition) is 1. The molecule has 9 heteroatoms. The highest BCUT2D eigenvalue weighted by Crippen LogP contribution is 2.24. The largest absolute Gasteiger partial charge is 0.484 e. The predicted molar refractivity (Wildman–Crippen MR) is 123 cm³/mol. The van der Waals surface area contributed by atoms with Crippen molar-refractivity contribution < 1.29 is 22.9 Å². The van der Waals surface area contributed by atoms with Crippen molar-refractivity contribution in [3.8, 4) is 5.75 Å². The zero-order chi connectivity index (χ0) is 23.4. The molecule has 33 heavy (non-hydrogen) atoms. The van der Waals surface area contributed by atoms with E-state index in [1.165, 1.54) is 36.4 Å². The molecule has 0 aliphatic heterocycles. The normalized spacial score (nSPS) is 11.2. The Bertz CT molecular complexity index is 1430. The summed E-state index contributed by atoms with van der Waals surface area (Å²) in [6.07, 6.45) is 0. The third kappa shape index (κ3) is 4.99. The standard InChI is InChI=1S/C24H18N2O6S/c27-24(16-32-21-10-5-17-3-1-2-4-18(17)15-21)25-19-6-11-22(12-7-19)33(30,31)23-13-8-20(9-14-23)26(28)29/h1-15H,16H2,(H,25,27). The van der Waals surface area contributed by atoms with E-state index in [0.717, 1.165) is 22.9 Å². The SMILES string of the molecule is O=C(COc1ccc2ccccc2c1)Nc1ccc(S(=O)(=O)c2ccc([N+](=O)[O-])cc2)cc1. The van der Waals surface area contributed by atoms with Gasteiger partial charge in [-0.3, -0.25) is 14.9 Å². The Morgan fingerprint density at radius 2 is 1.45 bits per heavy atom. The minimum absolute atomic E-state index is 0.00163. The molecule has 0 saturated carbocycles. The van der Waals surface area contributed by atoms with Crippen LogP contribution >= 0.6 is 0 Å². The number of anilines is 1. The highest BCUT2D eigenvalue weighted by molar-refractivity contribution is 7.91. The summed E-state index contributed by atoms with van der Waals surface area (Å²) in [4.78, 5) is 22.3. The number of ether oxygens (including phenoxy) is 1. The first kappa shape index (κ1) is 22.0. The Balaban J connectivity index is 1.39. The molecule has 0 unspecified atom stereocenters. The Hall–Kier alpha value is -4.24. The first-order valence-corrected chi connectivity index (χ1v) is 11.3. The summed E-state index contributed by atoms with van der Waals surface area (Å²) in [6.45, 7) is -0.207. The summed E-state index contributed by atoms with van der Waals surface area (Å²) in [5.41, 5.74) is 0.211. The van der Waals surface area contributed by atoms with E-state index in [1.54, 1.807) is 6.07 Å². The number of carbonyl (C=O) groups is 1. The van der Waals surface area contributed by atoms with E-state index in [-0.39, 0.29) is 22.1 Å². The van der Waals surface area contributed by atoms with Gasteiger partial charge < -0.3 is 10.1 Å². The van der Waals surface area contributed by atoms with E-state index in [1.807, 2.05) is 36.4 Å². The Morgan fingerprint density at radius 1 is 0.848 bits per heavy atom. The molecule has 166 valence electrons. The maximum Gasteiger partial charge on any atom is 0.269 e. The van der Waals surface area contributed by atoms with Crippen LogP contribution in [-0.4, -0.2) is 25.9 Å². The van der Waals surface area contributed by atoms with Crippen molar-refractivity contribution in [3.05, 3.63) is 101 Å². The van der Waals surface area contributed by atoms with Crippen LogP contribution in [0.15, 0.2) is 101 Å². The molecule has 0 bridgehead atoms. The molecule has 0 fully saturated rings. The third-order valence-electron chi connectivity index (χ3n) is 4.90. The van der Waals surface area contributed by atoms with Crippen molar-refractivity contribution in [1.29, 1.82) is 0 Å². The topological polar surface area (TPSA) is 116 Å². The number of nitrogens with one attached hydrogen (secondary N) is 1. The zero-order valence-corrected chi connectivity index (χ0v) is 18.0. The van der Waals surface area contributed by atoms with Gasteiger partial charge in [-0.05, 0) is 59.3 Å². The molecule has 4 aromatic rings. The van der Waals surface area contributed by atoms with E-state index in [0.29, 0.717) is 11.4 Å². The number of benzene rings is 4. The number of carbonyl (C=O) groups excluding carboxylic acids is 1. The molecule has 0 saturated heterocycles. The van der Waals surface area contributed by atoms with Crippen LogP contribution in [0.3, 0.4) is 0 Å². The summed E-state index contributed by atoms with van der Waals surface area (Å²) < 4.78 is 31.0. The summed E-state index contributed by atoms with van der Waals surface area (Å²) in [5.74, 6) is 0.169. The van der Waals surface area contributed by atoms with Crippen LogP contribution < -0.4 is 10.1 Å². The Morgan fingerprint density at radius 3 is 2.09 bits per heavy atom. The average molecular weight is 462 g/mol. The van der Waals surface area contributed by atoms with Gasteiger partial charge in [-0.15, -0.1) is 0 Å². The number of sulfone groups is 1. The van der Waals surface area contributed by atoms with Crippen molar-refractivity contribution in [2.75, 3.05) is 11.9 Å². The van der Waals surface area contributed by atoms with Crippen molar-refractivity contribution in [3.63, 3.8) is 0 Å². The van der Waals surface area contributed by atoms with E-state index < -0.39 is 20.7 Å². The van der Waals surface area contributed by atoms with Gasteiger partial charge in [0.25, 0.3) is 11.6 Å². The highest BCUT2D eigenvalue weighted by Gasteiger charge is 2.19. The lowest BCUT2D eigenvalue weighted by Gasteiger charge is -2.09. The number of nitro benzene ring substituents is 1. The molecule has 4 rings (SSSR count). The van der Waals surface area contributed by atoms with E-state index in [9.17, 15) is 23.3 Å². The number of non-ortho nitro benzene ring substituents is 1. The van der Waals surface area contributed by atoms with Crippen molar-refractivity contribution in [1.82, 2.24) is 0 Å². The third-order valence-corrected chi connectivity index (χ3v) is 6.68. The van der Waals surface area contributed by atoms with Gasteiger partial charge in [0.05, 0.1) is 14.7 Å². The van der Waals surface area contributed by atoms with Crippen LogP contribution in [0.2, 0.25) is 0 Å². The fourth-order valence-corrected chi connectivity index (χ4v) is 4.46. The van der Waals surface area contributed by atoms with Crippen LogP contribution in [0, 0.1) is 10.1 Å². The quantitative estimate of drug-likeness (QED) is 0.317. The molecule has 0 atom stereocenters. The fourth-order valence-electron chi connectivity index (χ4n) is 3.20. The number of amides is 1. The van der Waals surface area contributed by atoms with Crippen LogP contribution in [0.4, 0.5) is 11.4 Å². The lowest BCUT2D eigenvalue weighted by molar-refractivity contribution is -0.384. The fraction of sp³-hybridized carbons (Fsp3) is 0.0417. The summed E-state index contributed by atoms with van der Waals surface area (Å²) >= 11 is 0. The molecule has 8 nitrogen and oxygen atoms in total. The van der Waals surface area contributed by atoms with E-state index in [4.69, 9.17) is 4.74 Å². The highest BCUT2D eigenvalue weighted by atomic mass is 32.2. The molecule has 0 aliphatic rings. The van der Waals surface area contributed by atoms with Gasteiger partial charge in [0.1, 0.15) is 5.75 Å². The minimum Gasteiger partial charge on any atom is -0.484 e. The summed E-state index contributed by atoms with van der Waals surface area (Å²) in [5, 5.41) is 15.5. The van der Waals surface area contributed by atoms with Gasteiger partial charge in [0, 0.05) is 17.8 Å². The first-order valence-electron chi connectivity index (χ1n) is 9.84. The van der Waals surface area contributed by atoms with Crippen LogP contribution in [-0.2, 0) is 14.6 Å². The van der Waals surface area contributed by atoms with Gasteiger partial charge in [-0.1, -0.05) is 30.3 Å². The second-order valence-corrected chi connectivity index (χ2v) is 9.07. The number of nitrogens with zero attached hydrogens (tertiary/aromatic N) is 1. The molecule has 0 spiro atoms. The van der Waals surface area contributed by atoms with Gasteiger partial charge in [-0.2, -0.15) is 0 Å². The second kappa shape index (κ2) is 9.09. The average Bonchev–Trinajstić information content (AvgIpc) is 2.83. The van der Waals surface area contributed by atoms with Gasteiger partial charge in [0.2, 0.25) is 9.84 Å². The second-order valence-electron chi connectivity index (χ2n) is 7.12. The number of hydrogen-bond acceptors (Lipinski definition) is 6. The smallest absolute Gasteiger partial charge is 0.269 e. The van der Waals surface area contributed by atoms with Gasteiger partial charge >= 0.3 is 0 Å². The maximum absolute atomic E-state index is 12.7. The first-order chi connectivity index (χ1) is 15.8. The molecular formula is C24H18N2O6S. The lowest BCUT2D eigenvalue weighted by Crippen LogP contribution is -2.20. The van der Waals surface area contributed by atoms with Crippen LogP contribution in [0.25, 0.3) is 10.8 Å². The van der Waals surface area contributed by atoms with Crippen molar-refractivity contribution >= 4 is 37.9 Å². The molecule has 4 aromatic carbocycles. The predicted octanol–water partition coefficient (Wildman–Crippen LogP) is 4.60. The van der Waals surface area contributed by atoms with E-state index in [2.05, 4.69) is 5.32 Å². The van der Waals surface area contributed by atoms with E-state index >= 15 is 0 Å².